The lowest BCUT2D eigenvalue weighted by molar-refractivity contribution is 0.229. The molecule has 0 spiro atoms. The van der Waals surface area contributed by atoms with Crippen LogP contribution in [0.15, 0.2) is 18.2 Å². The van der Waals surface area contributed by atoms with Gasteiger partial charge in [-0.2, -0.15) is 0 Å². The summed E-state index contributed by atoms with van der Waals surface area (Å²) in [5.41, 5.74) is 2.59. The van der Waals surface area contributed by atoms with Gasteiger partial charge in [0.15, 0.2) is 0 Å². The molecular formula is C14H21NO2S. The van der Waals surface area contributed by atoms with Gasteiger partial charge in [-0.05, 0) is 18.6 Å². The molecule has 1 aliphatic heterocycles. The van der Waals surface area contributed by atoms with Crippen molar-refractivity contribution in [2.45, 2.75) is 26.4 Å². The average Bonchev–Trinajstić information content (AvgIpc) is 2.76. The maximum atomic E-state index is 11.3. The molecule has 0 amide bonds. The smallest absolute Gasteiger partial charge is 0.123 e. The number of ether oxygens (including phenoxy) is 1. The van der Waals surface area contributed by atoms with Gasteiger partial charge in [0.2, 0.25) is 0 Å². The summed E-state index contributed by atoms with van der Waals surface area (Å²) in [5.74, 6) is 2.49. The molecule has 0 fully saturated rings. The minimum Gasteiger partial charge on any atom is -0.488 e. The molecule has 4 heteroatoms. The monoisotopic (exact) mass is 267 g/mol. The molecule has 0 aromatic heterocycles. The second kappa shape index (κ2) is 6.34. The molecule has 1 aliphatic rings. The van der Waals surface area contributed by atoms with Crippen molar-refractivity contribution in [3.8, 4) is 5.75 Å². The van der Waals surface area contributed by atoms with Gasteiger partial charge >= 0.3 is 0 Å². The van der Waals surface area contributed by atoms with E-state index in [2.05, 4.69) is 30.4 Å². The van der Waals surface area contributed by atoms with Crippen LogP contribution in [-0.4, -0.2) is 34.9 Å². The van der Waals surface area contributed by atoms with Gasteiger partial charge in [-0.3, -0.25) is 4.21 Å². The highest BCUT2D eigenvalue weighted by Crippen LogP contribution is 2.29. The van der Waals surface area contributed by atoms with Gasteiger partial charge in [0.25, 0.3) is 0 Å². The summed E-state index contributed by atoms with van der Waals surface area (Å²) < 4.78 is 17.1. The van der Waals surface area contributed by atoms with Crippen molar-refractivity contribution in [1.82, 2.24) is 5.32 Å². The molecule has 2 rings (SSSR count). The Bertz CT molecular complexity index is 434. The second-order valence-corrected chi connectivity index (χ2v) is 6.56. The predicted molar refractivity (Wildman–Crippen MR) is 75.7 cm³/mol. The Morgan fingerprint density at radius 3 is 3.11 bits per heavy atom. The van der Waals surface area contributed by atoms with Crippen LogP contribution in [0.3, 0.4) is 0 Å². The summed E-state index contributed by atoms with van der Waals surface area (Å²) in [6.07, 6.45) is 1.19. The molecule has 2 unspecified atom stereocenters. The van der Waals surface area contributed by atoms with Crippen molar-refractivity contribution in [3.63, 3.8) is 0 Å². The van der Waals surface area contributed by atoms with Crippen LogP contribution in [-0.2, 0) is 17.2 Å². The fraction of sp³-hybridized carbons (Fsp3) is 0.571. The van der Waals surface area contributed by atoms with Crippen LogP contribution in [0.2, 0.25) is 0 Å². The number of benzene rings is 1. The fourth-order valence-corrected chi connectivity index (χ4v) is 2.82. The lowest BCUT2D eigenvalue weighted by atomic mass is 10.1. The molecule has 1 aromatic rings. The molecule has 3 nitrogen and oxygen atoms in total. The molecule has 0 saturated heterocycles. The molecule has 0 saturated carbocycles. The molecular weight excluding hydrogens is 246 g/mol. The van der Waals surface area contributed by atoms with Crippen LogP contribution in [0.25, 0.3) is 0 Å². The minimum atomic E-state index is -0.676. The molecule has 1 N–H and O–H groups in total. The van der Waals surface area contributed by atoms with Gasteiger partial charge < -0.3 is 10.1 Å². The normalized spacial score (nSPS) is 19.3. The van der Waals surface area contributed by atoms with Gasteiger partial charge in [-0.15, -0.1) is 0 Å². The first-order valence-corrected chi connectivity index (χ1v) is 7.99. The van der Waals surface area contributed by atoms with Crippen molar-refractivity contribution in [3.05, 3.63) is 29.3 Å². The number of hydrogen-bond acceptors (Lipinski definition) is 3. The maximum Gasteiger partial charge on any atom is 0.123 e. The Balaban J connectivity index is 1.73. The third-order valence-corrected chi connectivity index (χ3v) is 4.46. The van der Waals surface area contributed by atoms with Crippen LogP contribution in [0.1, 0.15) is 18.1 Å². The summed E-state index contributed by atoms with van der Waals surface area (Å²) >= 11 is 0. The summed E-state index contributed by atoms with van der Waals surface area (Å²) in [5, 5.41) is 3.32. The quantitative estimate of drug-likeness (QED) is 0.797. The highest BCUT2D eigenvalue weighted by Gasteiger charge is 2.22. The van der Waals surface area contributed by atoms with Gasteiger partial charge in [-0.1, -0.05) is 24.6 Å². The van der Waals surface area contributed by atoms with Crippen LogP contribution in [0, 0.1) is 6.92 Å². The van der Waals surface area contributed by atoms with E-state index in [-0.39, 0.29) is 6.10 Å². The molecule has 1 aromatic carbocycles. The average molecular weight is 267 g/mol. The Kier molecular flexibility index (Phi) is 4.78. The largest absolute Gasteiger partial charge is 0.488 e. The van der Waals surface area contributed by atoms with Gasteiger partial charge in [0.1, 0.15) is 11.9 Å². The van der Waals surface area contributed by atoms with Gasteiger partial charge in [0.05, 0.1) is 0 Å². The SMILES string of the molecule is CCS(=O)CCNCC1Cc2cc(C)ccc2O1. The highest BCUT2D eigenvalue weighted by atomic mass is 32.2. The maximum absolute atomic E-state index is 11.3. The van der Waals surface area contributed by atoms with Crippen molar-refractivity contribution in [1.29, 1.82) is 0 Å². The summed E-state index contributed by atoms with van der Waals surface area (Å²) in [6.45, 7) is 5.69. The van der Waals surface area contributed by atoms with Crippen molar-refractivity contribution >= 4 is 10.8 Å². The summed E-state index contributed by atoms with van der Waals surface area (Å²) in [4.78, 5) is 0. The van der Waals surface area contributed by atoms with E-state index in [0.29, 0.717) is 0 Å². The number of hydrogen-bond donors (Lipinski definition) is 1. The van der Waals surface area contributed by atoms with E-state index in [4.69, 9.17) is 4.74 Å². The fourth-order valence-electron chi connectivity index (χ4n) is 2.16. The van der Waals surface area contributed by atoms with E-state index >= 15 is 0 Å². The number of fused-ring (bicyclic) bond motifs is 1. The number of nitrogens with one attached hydrogen (secondary N) is 1. The zero-order chi connectivity index (χ0) is 13.0. The Labute approximate surface area is 111 Å². The predicted octanol–water partition coefficient (Wildman–Crippen LogP) is 1.66. The van der Waals surface area contributed by atoms with Crippen LogP contribution in [0.5, 0.6) is 5.75 Å². The number of rotatable bonds is 6. The van der Waals surface area contributed by atoms with E-state index in [0.717, 1.165) is 36.8 Å². The van der Waals surface area contributed by atoms with Gasteiger partial charge in [-0.25, -0.2) is 0 Å². The zero-order valence-electron chi connectivity index (χ0n) is 11.1. The molecule has 2 atom stereocenters. The minimum absolute atomic E-state index is 0.219. The Hall–Kier alpha value is -0.870. The van der Waals surface area contributed by atoms with Crippen LogP contribution in [0.4, 0.5) is 0 Å². The third kappa shape index (κ3) is 3.56. The van der Waals surface area contributed by atoms with E-state index in [1.807, 2.05) is 6.92 Å². The molecule has 0 radical (unpaired) electrons. The Morgan fingerprint density at radius 2 is 2.33 bits per heavy atom. The standard InChI is InChI=1S/C14H21NO2S/c1-3-18(16)7-6-15-10-13-9-12-8-11(2)4-5-14(12)17-13/h4-5,8,13,15H,3,6-7,9-10H2,1-2H3. The second-order valence-electron chi connectivity index (χ2n) is 4.69. The van der Waals surface area contributed by atoms with E-state index in [9.17, 15) is 4.21 Å². The highest BCUT2D eigenvalue weighted by molar-refractivity contribution is 7.84. The first-order chi connectivity index (χ1) is 8.69. The van der Waals surface area contributed by atoms with Crippen molar-refractivity contribution in [2.75, 3.05) is 24.6 Å². The van der Waals surface area contributed by atoms with Crippen molar-refractivity contribution in [2.24, 2.45) is 0 Å². The zero-order valence-corrected chi connectivity index (χ0v) is 11.9. The van der Waals surface area contributed by atoms with E-state index in [1.165, 1.54) is 11.1 Å². The van der Waals surface area contributed by atoms with E-state index in [1.54, 1.807) is 0 Å². The first-order valence-electron chi connectivity index (χ1n) is 6.51. The molecule has 0 bridgehead atoms. The van der Waals surface area contributed by atoms with Crippen molar-refractivity contribution < 1.29 is 8.95 Å². The molecule has 1 heterocycles. The van der Waals surface area contributed by atoms with E-state index < -0.39 is 10.8 Å². The third-order valence-electron chi connectivity index (χ3n) is 3.16. The lowest BCUT2D eigenvalue weighted by Gasteiger charge is -2.11. The summed E-state index contributed by atoms with van der Waals surface area (Å²) in [7, 11) is -0.676. The first kappa shape index (κ1) is 13.6. The van der Waals surface area contributed by atoms with Crippen LogP contribution < -0.4 is 10.1 Å². The van der Waals surface area contributed by atoms with Gasteiger partial charge in [0, 0.05) is 41.8 Å². The molecule has 100 valence electrons. The lowest BCUT2D eigenvalue weighted by Crippen LogP contribution is -2.32. The molecule has 18 heavy (non-hydrogen) atoms. The topological polar surface area (TPSA) is 38.3 Å². The Morgan fingerprint density at radius 1 is 1.50 bits per heavy atom. The number of aryl methyl sites for hydroxylation is 1. The van der Waals surface area contributed by atoms with Crippen LogP contribution >= 0.6 is 0 Å². The summed E-state index contributed by atoms with van der Waals surface area (Å²) in [6, 6.07) is 6.33. The molecule has 0 aliphatic carbocycles.